The van der Waals surface area contributed by atoms with Gasteiger partial charge in [0.2, 0.25) is 10.0 Å². The summed E-state index contributed by atoms with van der Waals surface area (Å²) < 4.78 is 24.3. The number of hydrogen-bond donors (Lipinski definition) is 0. The van der Waals surface area contributed by atoms with Crippen molar-refractivity contribution in [1.29, 1.82) is 0 Å². The zero-order chi connectivity index (χ0) is 8.77. The van der Waals surface area contributed by atoms with Crippen molar-refractivity contribution in [3.05, 3.63) is 0 Å². The SMILES string of the molecule is CS(=O)(=O)N1CCC2CCCC21. The fourth-order valence-electron chi connectivity index (χ4n) is 2.60. The Balaban J connectivity index is 2.20. The first kappa shape index (κ1) is 8.51. The molecule has 1 aliphatic heterocycles. The zero-order valence-electron chi connectivity index (χ0n) is 7.36. The summed E-state index contributed by atoms with van der Waals surface area (Å²) in [6, 6.07) is 0.347. The maximum Gasteiger partial charge on any atom is 0.211 e. The normalized spacial score (nSPS) is 37.1. The van der Waals surface area contributed by atoms with Gasteiger partial charge in [0.25, 0.3) is 0 Å². The van der Waals surface area contributed by atoms with Crippen LogP contribution in [-0.4, -0.2) is 31.6 Å². The predicted molar refractivity (Wildman–Crippen MR) is 47.3 cm³/mol. The lowest BCUT2D eigenvalue weighted by molar-refractivity contribution is 0.369. The summed E-state index contributed by atoms with van der Waals surface area (Å²) in [4.78, 5) is 0. The van der Waals surface area contributed by atoms with Crippen LogP contribution in [0.15, 0.2) is 0 Å². The highest BCUT2D eigenvalue weighted by atomic mass is 32.2. The Morgan fingerprint density at radius 1 is 1.25 bits per heavy atom. The van der Waals surface area contributed by atoms with Crippen LogP contribution in [0, 0.1) is 5.92 Å². The van der Waals surface area contributed by atoms with Gasteiger partial charge in [-0.1, -0.05) is 6.42 Å². The van der Waals surface area contributed by atoms with Crippen LogP contribution in [0.1, 0.15) is 25.7 Å². The van der Waals surface area contributed by atoms with Gasteiger partial charge in [-0.2, -0.15) is 4.31 Å². The molecule has 2 unspecified atom stereocenters. The molecule has 3 nitrogen and oxygen atoms in total. The Hall–Kier alpha value is -0.0900. The number of fused-ring (bicyclic) bond motifs is 1. The molecule has 1 aliphatic carbocycles. The molecule has 1 saturated carbocycles. The number of hydrogen-bond acceptors (Lipinski definition) is 2. The second-order valence-corrected chi connectivity index (χ2v) is 5.86. The standard InChI is InChI=1S/C8H15NO2S/c1-12(10,11)9-6-5-7-3-2-4-8(7)9/h7-8H,2-6H2,1H3. The van der Waals surface area contributed by atoms with Crippen molar-refractivity contribution in [2.24, 2.45) is 5.92 Å². The molecule has 0 N–H and O–H groups in total. The van der Waals surface area contributed by atoms with Gasteiger partial charge in [-0.15, -0.1) is 0 Å². The van der Waals surface area contributed by atoms with Crippen LogP contribution in [0.4, 0.5) is 0 Å². The molecule has 0 aromatic carbocycles. The van der Waals surface area contributed by atoms with E-state index in [-0.39, 0.29) is 0 Å². The van der Waals surface area contributed by atoms with Crippen molar-refractivity contribution in [2.75, 3.05) is 12.8 Å². The van der Waals surface area contributed by atoms with Gasteiger partial charge in [0.15, 0.2) is 0 Å². The minimum absolute atomic E-state index is 0.347. The Kier molecular flexibility index (Phi) is 1.92. The summed E-state index contributed by atoms with van der Waals surface area (Å²) in [6.45, 7) is 0.758. The van der Waals surface area contributed by atoms with E-state index in [1.165, 1.54) is 19.1 Å². The zero-order valence-corrected chi connectivity index (χ0v) is 8.18. The summed E-state index contributed by atoms with van der Waals surface area (Å²) in [5.41, 5.74) is 0. The van der Waals surface area contributed by atoms with E-state index in [9.17, 15) is 8.42 Å². The van der Waals surface area contributed by atoms with E-state index in [1.807, 2.05) is 0 Å². The smallest absolute Gasteiger partial charge is 0.211 e. The summed E-state index contributed by atoms with van der Waals surface area (Å²) in [6.07, 6.45) is 5.93. The van der Waals surface area contributed by atoms with Gasteiger partial charge >= 0.3 is 0 Å². The third-order valence-corrected chi connectivity index (χ3v) is 4.44. The number of sulfonamides is 1. The van der Waals surface area contributed by atoms with Crippen LogP contribution in [0.5, 0.6) is 0 Å². The van der Waals surface area contributed by atoms with Crippen LogP contribution in [0.2, 0.25) is 0 Å². The van der Waals surface area contributed by atoms with Crippen molar-refractivity contribution in [3.8, 4) is 0 Å². The van der Waals surface area contributed by atoms with E-state index in [0.29, 0.717) is 12.0 Å². The van der Waals surface area contributed by atoms with E-state index in [1.54, 1.807) is 4.31 Å². The van der Waals surface area contributed by atoms with E-state index >= 15 is 0 Å². The second kappa shape index (κ2) is 2.70. The number of nitrogens with zero attached hydrogens (tertiary/aromatic N) is 1. The minimum Gasteiger partial charge on any atom is -0.212 e. The van der Waals surface area contributed by atoms with Gasteiger partial charge in [0.1, 0.15) is 0 Å². The molecule has 0 aromatic heterocycles. The van der Waals surface area contributed by atoms with Crippen molar-refractivity contribution >= 4 is 10.0 Å². The van der Waals surface area contributed by atoms with Crippen LogP contribution >= 0.6 is 0 Å². The predicted octanol–water partition coefficient (Wildman–Crippen LogP) is 0.820. The van der Waals surface area contributed by atoms with Crippen molar-refractivity contribution < 1.29 is 8.42 Å². The molecular formula is C8H15NO2S. The molecule has 1 saturated heterocycles. The molecular weight excluding hydrogens is 174 g/mol. The summed E-state index contributed by atoms with van der Waals surface area (Å²) >= 11 is 0. The lowest BCUT2D eigenvalue weighted by Crippen LogP contribution is -2.34. The van der Waals surface area contributed by atoms with E-state index in [4.69, 9.17) is 0 Å². The van der Waals surface area contributed by atoms with Gasteiger partial charge in [-0.25, -0.2) is 8.42 Å². The Labute approximate surface area is 73.8 Å². The largest absolute Gasteiger partial charge is 0.212 e. The Morgan fingerprint density at radius 3 is 2.67 bits per heavy atom. The number of rotatable bonds is 1. The third-order valence-electron chi connectivity index (χ3n) is 3.14. The van der Waals surface area contributed by atoms with Crippen LogP contribution in [-0.2, 0) is 10.0 Å². The fourth-order valence-corrected chi connectivity index (χ4v) is 3.81. The van der Waals surface area contributed by atoms with E-state index in [0.717, 1.165) is 19.4 Å². The lowest BCUT2D eigenvalue weighted by Gasteiger charge is -2.20. The van der Waals surface area contributed by atoms with E-state index in [2.05, 4.69) is 0 Å². The van der Waals surface area contributed by atoms with E-state index < -0.39 is 10.0 Å². The summed E-state index contributed by atoms with van der Waals surface area (Å²) in [5.74, 6) is 0.666. The minimum atomic E-state index is -2.92. The fraction of sp³-hybridized carbons (Fsp3) is 1.00. The summed E-state index contributed by atoms with van der Waals surface area (Å²) in [5, 5.41) is 0. The van der Waals surface area contributed by atoms with Gasteiger partial charge in [-0.3, -0.25) is 0 Å². The second-order valence-electron chi connectivity index (χ2n) is 3.92. The van der Waals surface area contributed by atoms with Gasteiger partial charge in [0.05, 0.1) is 6.26 Å². The molecule has 12 heavy (non-hydrogen) atoms. The quantitative estimate of drug-likeness (QED) is 0.612. The maximum absolute atomic E-state index is 11.3. The summed E-state index contributed by atoms with van der Waals surface area (Å²) in [7, 11) is -2.92. The Morgan fingerprint density at radius 2 is 2.00 bits per heavy atom. The molecule has 70 valence electrons. The molecule has 0 spiro atoms. The first-order valence-corrected chi connectivity index (χ1v) is 6.40. The average molecular weight is 189 g/mol. The topological polar surface area (TPSA) is 37.4 Å². The molecule has 1 heterocycles. The van der Waals surface area contributed by atoms with Gasteiger partial charge < -0.3 is 0 Å². The average Bonchev–Trinajstić information content (AvgIpc) is 2.37. The molecule has 2 rings (SSSR count). The van der Waals surface area contributed by atoms with Gasteiger partial charge in [-0.05, 0) is 25.2 Å². The van der Waals surface area contributed by atoms with Crippen LogP contribution in [0.3, 0.4) is 0 Å². The first-order valence-electron chi connectivity index (χ1n) is 4.56. The lowest BCUT2D eigenvalue weighted by atomic mass is 10.1. The van der Waals surface area contributed by atoms with Crippen molar-refractivity contribution in [1.82, 2.24) is 4.31 Å². The van der Waals surface area contributed by atoms with Crippen molar-refractivity contribution in [2.45, 2.75) is 31.7 Å². The third kappa shape index (κ3) is 1.27. The molecule has 2 aliphatic rings. The molecule has 2 fully saturated rings. The molecule has 0 amide bonds. The monoisotopic (exact) mass is 189 g/mol. The molecule has 0 radical (unpaired) electrons. The molecule has 2 atom stereocenters. The molecule has 0 bridgehead atoms. The first-order chi connectivity index (χ1) is 5.59. The highest BCUT2D eigenvalue weighted by molar-refractivity contribution is 7.88. The van der Waals surface area contributed by atoms with Gasteiger partial charge in [0, 0.05) is 12.6 Å². The highest BCUT2D eigenvalue weighted by Gasteiger charge is 2.41. The van der Waals surface area contributed by atoms with Crippen LogP contribution < -0.4 is 0 Å². The Bertz CT molecular complexity index is 273. The molecule has 4 heteroatoms. The van der Waals surface area contributed by atoms with Crippen molar-refractivity contribution in [3.63, 3.8) is 0 Å². The van der Waals surface area contributed by atoms with Crippen LogP contribution in [0.25, 0.3) is 0 Å². The molecule has 0 aromatic rings. The highest BCUT2D eigenvalue weighted by Crippen LogP contribution is 2.38. The maximum atomic E-state index is 11.3.